The Morgan fingerprint density at radius 1 is 1.00 bits per heavy atom. The Hall–Kier alpha value is -2.91. The predicted octanol–water partition coefficient (Wildman–Crippen LogP) is 3.37. The normalized spacial score (nSPS) is 19.2. The Morgan fingerprint density at radius 2 is 1.79 bits per heavy atom. The van der Waals surface area contributed by atoms with E-state index in [1.807, 2.05) is 28.9 Å². The lowest BCUT2D eigenvalue weighted by molar-refractivity contribution is 0.0619. The van der Waals surface area contributed by atoms with E-state index in [1.54, 1.807) is 20.5 Å². The maximum atomic E-state index is 5.62. The predicted molar refractivity (Wildman–Crippen MR) is 127 cm³/mol. The van der Waals surface area contributed by atoms with Crippen LogP contribution in [0, 0.1) is 0 Å². The summed E-state index contributed by atoms with van der Waals surface area (Å²) in [4.78, 5) is 5.18. The van der Waals surface area contributed by atoms with E-state index in [9.17, 15) is 0 Å². The molecule has 3 heterocycles. The van der Waals surface area contributed by atoms with Gasteiger partial charge in [-0.25, -0.2) is 4.68 Å². The molecule has 1 aliphatic carbocycles. The Morgan fingerprint density at radius 3 is 2.50 bits per heavy atom. The molecule has 3 aromatic rings. The lowest BCUT2D eigenvalue weighted by atomic mass is 9.93. The van der Waals surface area contributed by atoms with Crippen LogP contribution in [-0.2, 0) is 6.54 Å². The molecule has 0 spiro atoms. The van der Waals surface area contributed by atoms with Gasteiger partial charge in [0.2, 0.25) is 0 Å². The number of hydrogen-bond donors (Lipinski definition) is 0. The van der Waals surface area contributed by atoms with Gasteiger partial charge in [-0.3, -0.25) is 9.80 Å². The molecule has 34 heavy (non-hydrogen) atoms. The number of methoxy groups -OCH3 is 2. The van der Waals surface area contributed by atoms with Crippen molar-refractivity contribution >= 4 is 0 Å². The van der Waals surface area contributed by atoms with Crippen molar-refractivity contribution in [3.8, 4) is 11.5 Å². The van der Waals surface area contributed by atoms with Crippen LogP contribution in [0.5, 0.6) is 11.5 Å². The molecule has 5 rings (SSSR count). The average Bonchev–Trinajstić information content (AvgIpc) is 3.58. The first-order valence-corrected chi connectivity index (χ1v) is 12.3. The second-order valence-corrected chi connectivity index (χ2v) is 9.15. The van der Waals surface area contributed by atoms with Gasteiger partial charge in [-0.15, -0.1) is 5.10 Å². The first-order chi connectivity index (χ1) is 16.8. The Bertz CT molecular complexity index is 1040. The molecule has 182 valence electrons. The molecule has 0 N–H and O–H groups in total. The summed E-state index contributed by atoms with van der Waals surface area (Å²) >= 11 is 0. The van der Waals surface area contributed by atoms with Crippen molar-refractivity contribution in [2.24, 2.45) is 0 Å². The van der Waals surface area contributed by atoms with Crippen LogP contribution in [-0.4, -0.2) is 76.4 Å². The minimum atomic E-state index is -0.0988. The molecule has 2 aromatic heterocycles. The third-order valence-electron chi connectivity index (χ3n) is 7.22. The molecule has 2 aliphatic rings. The lowest BCUT2D eigenvalue weighted by Gasteiger charge is -2.43. The summed E-state index contributed by atoms with van der Waals surface area (Å²) in [7, 11) is 3.32. The lowest BCUT2D eigenvalue weighted by Crippen LogP contribution is -2.52. The van der Waals surface area contributed by atoms with Crippen LogP contribution in [0.15, 0.2) is 41.0 Å². The van der Waals surface area contributed by atoms with Gasteiger partial charge in [-0.2, -0.15) is 0 Å². The highest BCUT2D eigenvalue weighted by Crippen LogP contribution is 2.35. The van der Waals surface area contributed by atoms with Gasteiger partial charge in [-0.1, -0.05) is 25.3 Å². The first kappa shape index (κ1) is 22.9. The monoisotopic (exact) mass is 466 g/mol. The number of furan rings is 1. The van der Waals surface area contributed by atoms with E-state index in [4.69, 9.17) is 13.9 Å². The van der Waals surface area contributed by atoms with E-state index in [-0.39, 0.29) is 6.04 Å². The minimum absolute atomic E-state index is 0.0988. The number of tetrazole rings is 1. The summed E-state index contributed by atoms with van der Waals surface area (Å²) in [6.07, 6.45) is 8.45. The van der Waals surface area contributed by atoms with Crippen LogP contribution in [0.4, 0.5) is 0 Å². The van der Waals surface area contributed by atoms with Gasteiger partial charge in [0, 0.05) is 32.2 Å². The smallest absolute Gasteiger partial charge is 0.173 e. The minimum Gasteiger partial charge on any atom is -0.493 e. The molecule has 9 nitrogen and oxygen atoms in total. The fourth-order valence-corrected chi connectivity index (χ4v) is 5.42. The van der Waals surface area contributed by atoms with E-state index >= 15 is 0 Å². The number of benzene rings is 1. The summed E-state index contributed by atoms with van der Waals surface area (Å²) < 4.78 is 18.5. The summed E-state index contributed by atoms with van der Waals surface area (Å²) in [5.41, 5.74) is 1.08. The van der Waals surface area contributed by atoms with Crippen molar-refractivity contribution in [1.29, 1.82) is 0 Å². The Kier molecular flexibility index (Phi) is 7.10. The second-order valence-electron chi connectivity index (χ2n) is 9.15. The van der Waals surface area contributed by atoms with Crippen LogP contribution in [0.25, 0.3) is 0 Å². The van der Waals surface area contributed by atoms with Crippen LogP contribution in [0.3, 0.4) is 0 Å². The summed E-state index contributed by atoms with van der Waals surface area (Å²) in [6, 6.07) is 10.6. The van der Waals surface area contributed by atoms with E-state index in [2.05, 4.69) is 31.4 Å². The number of hydrogen-bond acceptors (Lipinski definition) is 8. The molecule has 1 unspecified atom stereocenters. The molecule has 0 bridgehead atoms. The number of rotatable bonds is 8. The van der Waals surface area contributed by atoms with Gasteiger partial charge < -0.3 is 13.9 Å². The van der Waals surface area contributed by atoms with E-state index in [0.29, 0.717) is 18.0 Å². The van der Waals surface area contributed by atoms with Gasteiger partial charge in [-0.05, 0) is 53.1 Å². The van der Waals surface area contributed by atoms with Gasteiger partial charge in [0.15, 0.2) is 17.3 Å². The Balaban J connectivity index is 1.43. The van der Waals surface area contributed by atoms with Crippen LogP contribution in [0.2, 0.25) is 0 Å². The summed E-state index contributed by atoms with van der Waals surface area (Å²) in [5.74, 6) is 3.04. The molecule has 1 aliphatic heterocycles. The Labute approximate surface area is 200 Å². The molecule has 1 saturated heterocycles. The van der Waals surface area contributed by atoms with Crippen molar-refractivity contribution in [2.75, 3.05) is 40.4 Å². The van der Waals surface area contributed by atoms with Crippen LogP contribution >= 0.6 is 0 Å². The van der Waals surface area contributed by atoms with Gasteiger partial charge >= 0.3 is 0 Å². The van der Waals surface area contributed by atoms with Crippen LogP contribution < -0.4 is 9.47 Å². The average molecular weight is 467 g/mol. The highest BCUT2D eigenvalue weighted by Gasteiger charge is 2.33. The molecule has 2 fully saturated rings. The number of aromatic nitrogens is 4. The molecule has 1 aromatic carbocycles. The summed E-state index contributed by atoms with van der Waals surface area (Å²) in [6.45, 7) is 4.54. The summed E-state index contributed by atoms with van der Waals surface area (Å²) in [5, 5.41) is 12.8. The number of nitrogens with zero attached hydrogens (tertiary/aromatic N) is 6. The van der Waals surface area contributed by atoms with Gasteiger partial charge in [0.25, 0.3) is 0 Å². The zero-order valence-corrected chi connectivity index (χ0v) is 20.1. The van der Waals surface area contributed by atoms with Crippen molar-refractivity contribution in [3.05, 3.63) is 53.7 Å². The van der Waals surface area contributed by atoms with Crippen molar-refractivity contribution in [2.45, 2.75) is 50.7 Å². The highest BCUT2D eigenvalue weighted by molar-refractivity contribution is 5.45. The topological polar surface area (TPSA) is 81.7 Å². The van der Waals surface area contributed by atoms with Crippen molar-refractivity contribution < 1.29 is 13.9 Å². The quantitative estimate of drug-likeness (QED) is 0.500. The maximum Gasteiger partial charge on any atom is 0.173 e. The molecular weight excluding hydrogens is 432 g/mol. The van der Waals surface area contributed by atoms with Gasteiger partial charge in [0.1, 0.15) is 12.3 Å². The molecule has 0 radical (unpaired) electrons. The molecule has 0 amide bonds. The van der Waals surface area contributed by atoms with E-state index in [0.717, 1.165) is 49.4 Å². The molecule has 1 saturated carbocycles. The first-order valence-electron chi connectivity index (χ1n) is 12.3. The molecule has 1 atom stereocenters. The standard InChI is InChI=1S/C25H34N6O3/c1-32-22-11-10-19(17-23(22)33-2)24(25-26-27-28-31(25)18-21-9-6-16-34-21)30-14-12-29(13-15-30)20-7-4-3-5-8-20/h6,9-11,16-17,20,24H,3-5,7-8,12-15,18H2,1-2H3. The van der Waals surface area contributed by atoms with Crippen molar-refractivity contribution in [1.82, 2.24) is 30.0 Å². The SMILES string of the molecule is COc1ccc(C(c2nnnn2Cc2ccco2)N2CCN(C3CCCCC3)CC2)cc1OC. The number of piperazine rings is 1. The van der Waals surface area contributed by atoms with E-state index in [1.165, 1.54) is 32.1 Å². The fourth-order valence-electron chi connectivity index (χ4n) is 5.42. The highest BCUT2D eigenvalue weighted by atomic mass is 16.5. The zero-order valence-electron chi connectivity index (χ0n) is 20.1. The molecule has 9 heteroatoms. The molecular formula is C25H34N6O3. The van der Waals surface area contributed by atoms with E-state index < -0.39 is 0 Å². The second kappa shape index (κ2) is 10.6. The third-order valence-corrected chi connectivity index (χ3v) is 7.22. The van der Waals surface area contributed by atoms with Crippen LogP contribution in [0.1, 0.15) is 55.3 Å². The fraction of sp³-hybridized carbons (Fsp3) is 0.560. The van der Waals surface area contributed by atoms with Gasteiger partial charge in [0.05, 0.1) is 26.5 Å². The van der Waals surface area contributed by atoms with Crippen molar-refractivity contribution in [3.63, 3.8) is 0 Å². The largest absolute Gasteiger partial charge is 0.493 e. The maximum absolute atomic E-state index is 5.62. The number of ether oxygens (including phenoxy) is 2. The zero-order chi connectivity index (χ0) is 23.3. The third kappa shape index (κ3) is 4.81.